The summed E-state index contributed by atoms with van der Waals surface area (Å²) in [5, 5.41) is 14.5. The van der Waals surface area contributed by atoms with Crippen LogP contribution >= 0.6 is 0 Å². The van der Waals surface area contributed by atoms with Gasteiger partial charge in [0.05, 0.1) is 6.61 Å². The molecule has 6 rings (SSSR count). The van der Waals surface area contributed by atoms with Crippen molar-refractivity contribution in [2.24, 2.45) is 0 Å². The molecule has 2 N–H and O–H groups in total. The zero-order valence-electron chi connectivity index (χ0n) is 21.0. The van der Waals surface area contributed by atoms with Crippen LogP contribution in [0, 0.1) is 0 Å². The van der Waals surface area contributed by atoms with Crippen molar-refractivity contribution in [3.63, 3.8) is 0 Å². The monoisotopic (exact) mass is 499 g/mol. The molecule has 2 aliphatic rings. The summed E-state index contributed by atoms with van der Waals surface area (Å²) in [5.41, 5.74) is 4.76. The molecule has 9 nitrogen and oxygen atoms in total. The first-order valence-electron chi connectivity index (χ1n) is 12.6. The number of fused-ring (bicyclic) bond motifs is 1. The van der Waals surface area contributed by atoms with E-state index >= 15 is 0 Å². The Balaban J connectivity index is 1.08. The first kappa shape index (κ1) is 23.6. The van der Waals surface area contributed by atoms with E-state index < -0.39 is 0 Å². The molecule has 0 aliphatic carbocycles. The minimum atomic E-state index is -0.143. The largest absolute Gasteiger partial charge is 0.423 e. The molecule has 3 heterocycles. The molecule has 0 spiro atoms. The zero-order chi connectivity index (χ0) is 25.2. The van der Waals surface area contributed by atoms with Gasteiger partial charge in [-0.2, -0.15) is 4.68 Å². The van der Waals surface area contributed by atoms with Gasteiger partial charge in [-0.15, -0.1) is 0 Å². The van der Waals surface area contributed by atoms with Crippen molar-refractivity contribution in [1.82, 2.24) is 20.2 Å². The fourth-order valence-corrected chi connectivity index (χ4v) is 5.06. The van der Waals surface area contributed by atoms with Crippen LogP contribution in [0.5, 0.6) is 11.8 Å². The Morgan fingerprint density at radius 1 is 0.919 bits per heavy atom. The Labute approximate surface area is 216 Å². The standard InChI is InChI=1S/C28H30N6O3/c1-33(2)22-9-6-10-23(15-22)37-28-30-31-32-34(28)25-18-36-26-24(17-35-27(25)26)29-16-19-11-13-21(14-12-19)20-7-4-3-5-8-20/h3-15,24-27,29H,16-18H2,1-2H3/p+1/t24-,25-,26+,27+/m0/s1. The van der Waals surface area contributed by atoms with Gasteiger partial charge in [0.15, 0.2) is 0 Å². The minimum Gasteiger partial charge on any atom is -0.423 e. The average molecular weight is 500 g/mol. The maximum atomic E-state index is 6.21. The molecule has 37 heavy (non-hydrogen) atoms. The molecule has 0 radical (unpaired) electrons. The van der Waals surface area contributed by atoms with Gasteiger partial charge in [-0.3, -0.25) is 0 Å². The van der Waals surface area contributed by atoms with Crippen molar-refractivity contribution in [3.05, 3.63) is 84.4 Å². The lowest BCUT2D eigenvalue weighted by molar-refractivity contribution is -0.707. The molecule has 190 valence electrons. The number of anilines is 1. The first-order valence-corrected chi connectivity index (χ1v) is 12.6. The maximum absolute atomic E-state index is 6.21. The van der Waals surface area contributed by atoms with Crippen molar-refractivity contribution in [2.45, 2.75) is 30.8 Å². The Bertz CT molecular complexity index is 1330. The fraction of sp³-hybridized carbons (Fsp3) is 0.321. The highest BCUT2D eigenvalue weighted by atomic mass is 16.6. The van der Waals surface area contributed by atoms with E-state index in [1.807, 2.05) is 49.3 Å². The SMILES string of the molecule is CN(C)c1cccc(Oc2nnnn2[C@H]2CO[C@H]3[C@@H]2OC[C@@H]3[NH2+]Cc2ccc(-c3ccccc3)cc2)c1. The highest BCUT2D eigenvalue weighted by Gasteiger charge is 2.51. The van der Waals surface area contributed by atoms with Gasteiger partial charge in [0.25, 0.3) is 0 Å². The van der Waals surface area contributed by atoms with Crippen LogP contribution in [0.15, 0.2) is 78.9 Å². The van der Waals surface area contributed by atoms with E-state index in [-0.39, 0.29) is 24.3 Å². The number of quaternary nitrogens is 1. The van der Waals surface area contributed by atoms with E-state index in [1.165, 1.54) is 16.7 Å². The Morgan fingerprint density at radius 2 is 1.70 bits per heavy atom. The van der Waals surface area contributed by atoms with E-state index in [0.717, 1.165) is 12.2 Å². The van der Waals surface area contributed by atoms with Gasteiger partial charge in [-0.1, -0.05) is 65.8 Å². The molecule has 0 unspecified atom stereocenters. The van der Waals surface area contributed by atoms with Crippen LogP contribution < -0.4 is 15.0 Å². The van der Waals surface area contributed by atoms with Crippen LogP contribution in [0.3, 0.4) is 0 Å². The molecule has 4 aromatic rings. The third kappa shape index (κ3) is 4.93. The van der Waals surface area contributed by atoms with Gasteiger partial charge in [-0.25, -0.2) is 0 Å². The third-order valence-corrected chi connectivity index (χ3v) is 7.10. The molecule has 2 fully saturated rings. The molecule has 4 atom stereocenters. The number of hydrogen-bond acceptors (Lipinski definition) is 7. The molecule has 9 heteroatoms. The minimum absolute atomic E-state index is 0.0253. The van der Waals surface area contributed by atoms with Crippen LogP contribution in [-0.4, -0.2) is 65.8 Å². The van der Waals surface area contributed by atoms with Crippen molar-refractivity contribution in [2.75, 3.05) is 32.2 Å². The van der Waals surface area contributed by atoms with Crippen molar-refractivity contribution in [3.8, 4) is 22.9 Å². The molecule has 0 amide bonds. The van der Waals surface area contributed by atoms with Crippen LogP contribution in [0.25, 0.3) is 11.1 Å². The van der Waals surface area contributed by atoms with Crippen LogP contribution in [0.4, 0.5) is 5.69 Å². The zero-order valence-corrected chi connectivity index (χ0v) is 21.0. The fourth-order valence-electron chi connectivity index (χ4n) is 5.06. The molecule has 3 aromatic carbocycles. The Morgan fingerprint density at radius 3 is 2.51 bits per heavy atom. The van der Waals surface area contributed by atoms with Crippen LogP contribution in [-0.2, 0) is 16.0 Å². The van der Waals surface area contributed by atoms with Crippen LogP contribution in [0.2, 0.25) is 0 Å². The Hall–Kier alpha value is -3.79. The number of benzene rings is 3. The number of tetrazole rings is 1. The molecule has 2 aliphatic heterocycles. The van der Waals surface area contributed by atoms with Gasteiger partial charge in [-0.05, 0) is 33.7 Å². The predicted octanol–water partition coefficient (Wildman–Crippen LogP) is 2.67. The van der Waals surface area contributed by atoms with E-state index in [0.29, 0.717) is 25.0 Å². The van der Waals surface area contributed by atoms with E-state index in [9.17, 15) is 0 Å². The number of aromatic nitrogens is 4. The first-order chi connectivity index (χ1) is 18.2. The number of nitrogens with zero attached hydrogens (tertiary/aromatic N) is 5. The summed E-state index contributed by atoms with van der Waals surface area (Å²) in [6.45, 7) is 1.96. The van der Waals surface area contributed by atoms with E-state index in [2.05, 4.69) is 69.4 Å². The van der Waals surface area contributed by atoms with Crippen molar-refractivity contribution < 1.29 is 19.5 Å². The maximum Gasteiger partial charge on any atom is 0.341 e. The molecule has 2 saturated heterocycles. The summed E-state index contributed by atoms with van der Waals surface area (Å²) in [7, 11) is 3.98. The van der Waals surface area contributed by atoms with Gasteiger partial charge >= 0.3 is 6.01 Å². The van der Waals surface area contributed by atoms with Crippen molar-refractivity contribution in [1.29, 1.82) is 0 Å². The number of ether oxygens (including phenoxy) is 3. The topological polar surface area (TPSA) is 91.1 Å². The summed E-state index contributed by atoms with van der Waals surface area (Å²) in [6.07, 6.45) is -0.150. The summed E-state index contributed by atoms with van der Waals surface area (Å²) < 4.78 is 20.2. The molecule has 0 saturated carbocycles. The number of hydrogen-bond donors (Lipinski definition) is 1. The lowest BCUT2D eigenvalue weighted by Crippen LogP contribution is -2.91. The second-order valence-corrected chi connectivity index (χ2v) is 9.73. The van der Waals surface area contributed by atoms with Gasteiger partial charge in [0.1, 0.15) is 43.2 Å². The molecular weight excluding hydrogens is 468 g/mol. The average Bonchev–Trinajstić information content (AvgIpc) is 3.66. The van der Waals surface area contributed by atoms with Gasteiger partial charge < -0.3 is 24.4 Å². The molecular formula is C28H31N6O3+. The lowest BCUT2D eigenvalue weighted by Gasteiger charge is -2.17. The second-order valence-electron chi connectivity index (χ2n) is 9.73. The van der Waals surface area contributed by atoms with Crippen molar-refractivity contribution >= 4 is 5.69 Å². The third-order valence-electron chi connectivity index (χ3n) is 7.10. The normalized spacial score (nSPS) is 22.6. The summed E-state index contributed by atoms with van der Waals surface area (Å²) >= 11 is 0. The highest BCUT2D eigenvalue weighted by Crippen LogP contribution is 2.35. The van der Waals surface area contributed by atoms with Crippen LogP contribution in [0.1, 0.15) is 11.6 Å². The van der Waals surface area contributed by atoms with Gasteiger partial charge in [0.2, 0.25) is 0 Å². The van der Waals surface area contributed by atoms with Gasteiger partial charge in [0, 0.05) is 31.4 Å². The summed E-state index contributed by atoms with van der Waals surface area (Å²) in [5.74, 6) is 0.676. The molecule has 0 bridgehead atoms. The summed E-state index contributed by atoms with van der Waals surface area (Å²) in [6, 6.07) is 27.4. The van der Waals surface area contributed by atoms with E-state index in [4.69, 9.17) is 14.2 Å². The predicted molar refractivity (Wildman–Crippen MR) is 138 cm³/mol. The Kier molecular flexibility index (Phi) is 6.57. The van der Waals surface area contributed by atoms with E-state index in [1.54, 1.807) is 4.68 Å². The second kappa shape index (κ2) is 10.3. The highest BCUT2D eigenvalue weighted by molar-refractivity contribution is 5.63. The number of nitrogens with two attached hydrogens (primary N) is 1. The summed E-state index contributed by atoms with van der Waals surface area (Å²) in [4.78, 5) is 2.02. The lowest BCUT2D eigenvalue weighted by atomic mass is 10.0. The molecule has 1 aromatic heterocycles. The smallest absolute Gasteiger partial charge is 0.341 e. The number of rotatable bonds is 8. The quantitative estimate of drug-likeness (QED) is 0.399.